The van der Waals surface area contributed by atoms with Crippen LogP contribution in [0.5, 0.6) is 0 Å². The van der Waals surface area contributed by atoms with Crippen LogP contribution in [0.15, 0.2) is 6.20 Å². The number of rotatable bonds is 8. The maximum atomic E-state index is 10.1. The highest BCUT2D eigenvalue weighted by Crippen LogP contribution is 2.16. The molecule has 0 aliphatic heterocycles. The van der Waals surface area contributed by atoms with Gasteiger partial charge in [0.25, 0.3) is 0 Å². The number of aliphatic hydroxyl groups is 1. The highest BCUT2D eigenvalue weighted by molar-refractivity contribution is 7.98. The molecule has 1 rings (SSSR count). The first-order valence-electron chi connectivity index (χ1n) is 6.51. The second kappa shape index (κ2) is 7.55. The molecular formula is C13H24N4OS. The zero-order chi connectivity index (χ0) is 14.3. The minimum Gasteiger partial charge on any atom is -0.387 e. The van der Waals surface area contributed by atoms with E-state index in [1.165, 1.54) is 0 Å². The first-order valence-corrected chi connectivity index (χ1v) is 7.90. The SMILES string of the molecule is CCCNc1ncc(C)c(NCC(C)(O)CSC)n1. The van der Waals surface area contributed by atoms with Gasteiger partial charge in [-0.15, -0.1) is 0 Å². The van der Waals surface area contributed by atoms with E-state index in [0.29, 0.717) is 18.2 Å². The van der Waals surface area contributed by atoms with Crippen LogP contribution in [0.4, 0.5) is 11.8 Å². The number of anilines is 2. The summed E-state index contributed by atoms with van der Waals surface area (Å²) in [4.78, 5) is 8.65. The summed E-state index contributed by atoms with van der Waals surface area (Å²) in [5.74, 6) is 2.08. The van der Waals surface area contributed by atoms with Crippen molar-refractivity contribution in [2.45, 2.75) is 32.8 Å². The molecule has 0 aliphatic rings. The van der Waals surface area contributed by atoms with Crippen molar-refractivity contribution < 1.29 is 5.11 Å². The molecule has 0 bridgehead atoms. The summed E-state index contributed by atoms with van der Waals surface area (Å²) in [6.07, 6.45) is 4.80. The third-order valence-electron chi connectivity index (χ3n) is 2.60. The van der Waals surface area contributed by atoms with E-state index >= 15 is 0 Å². The lowest BCUT2D eigenvalue weighted by Gasteiger charge is -2.23. The molecule has 0 radical (unpaired) electrons. The van der Waals surface area contributed by atoms with Gasteiger partial charge in [-0.05, 0) is 26.5 Å². The summed E-state index contributed by atoms with van der Waals surface area (Å²) in [6.45, 7) is 7.20. The smallest absolute Gasteiger partial charge is 0.224 e. The Morgan fingerprint density at radius 1 is 1.42 bits per heavy atom. The van der Waals surface area contributed by atoms with E-state index in [4.69, 9.17) is 0 Å². The van der Waals surface area contributed by atoms with Crippen molar-refractivity contribution in [2.24, 2.45) is 0 Å². The Morgan fingerprint density at radius 2 is 2.16 bits per heavy atom. The quantitative estimate of drug-likeness (QED) is 0.679. The van der Waals surface area contributed by atoms with Crippen molar-refractivity contribution in [1.29, 1.82) is 0 Å². The van der Waals surface area contributed by atoms with E-state index in [1.54, 1.807) is 18.0 Å². The molecule has 108 valence electrons. The number of nitrogens with one attached hydrogen (secondary N) is 2. The number of hydrogen-bond donors (Lipinski definition) is 3. The highest BCUT2D eigenvalue weighted by Gasteiger charge is 2.19. The number of thioether (sulfide) groups is 1. The van der Waals surface area contributed by atoms with Crippen LogP contribution < -0.4 is 10.6 Å². The predicted octanol–water partition coefficient (Wildman–Crippen LogP) is 2.13. The van der Waals surface area contributed by atoms with Gasteiger partial charge in [0.05, 0.1) is 5.60 Å². The Balaban J connectivity index is 2.66. The summed E-state index contributed by atoms with van der Waals surface area (Å²) >= 11 is 1.63. The van der Waals surface area contributed by atoms with Crippen LogP contribution in [0, 0.1) is 6.92 Å². The molecule has 6 heteroatoms. The second-order valence-corrected chi connectivity index (χ2v) is 5.80. The lowest BCUT2D eigenvalue weighted by atomic mass is 10.1. The zero-order valence-corrected chi connectivity index (χ0v) is 13.0. The van der Waals surface area contributed by atoms with Gasteiger partial charge in [-0.1, -0.05) is 6.92 Å². The van der Waals surface area contributed by atoms with Gasteiger partial charge in [-0.3, -0.25) is 0 Å². The van der Waals surface area contributed by atoms with Gasteiger partial charge in [0.1, 0.15) is 5.82 Å². The van der Waals surface area contributed by atoms with Gasteiger partial charge in [-0.2, -0.15) is 16.7 Å². The minimum absolute atomic E-state index is 0.471. The minimum atomic E-state index is -0.742. The van der Waals surface area contributed by atoms with E-state index in [9.17, 15) is 5.11 Å². The number of aryl methyl sites for hydroxylation is 1. The molecule has 0 saturated heterocycles. The molecular weight excluding hydrogens is 260 g/mol. The van der Waals surface area contributed by atoms with E-state index in [-0.39, 0.29) is 0 Å². The first kappa shape index (κ1) is 16.0. The molecule has 3 N–H and O–H groups in total. The van der Waals surface area contributed by atoms with Crippen molar-refractivity contribution in [3.8, 4) is 0 Å². The molecule has 0 aromatic carbocycles. The largest absolute Gasteiger partial charge is 0.387 e. The first-order chi connectivity index (χ1) is 8.98. The van der Waals surface area contributed by atoms with E-state index < -0.39 is 5.60 Å². The average molecular weight is 284 g/mol. The fourth-order valence-electron chi connectivity index (χ4n) is 1.58. The van der Waals surface area contributed by atoms with Crippen LogP contribution >= 0.6 is 11.8 Å². The Hall–Kier alpha value is -1.01. The third kappa shape index (κ3) is 5.65. The monoisotopic (exact) mass is 284 g/mol. The molecule has 0 spiro atoms. The normalized spacial score (nSPS) is 13.9. The highest BCUT2D eigenvalue weighted by atomic mass is 32.2. The van der Waals surface area contributed by atoms with Crippen molar-refractivity contribution in [3.05, 3.63) is 11.8 Å². The summed E-state index contributed by atoms with van der Waals surface area (Å²) in [5.41, 5.74) is 0.232. The third-order valence-corrected chi connectivity index (χ3v) is 3.51. The fraction of sp³-hybridized carbons (Fsp3) is 0.692. The van der Waals surface area contributed by atoms with Gasteiger partial charge >= 0.3 is 0 Å². The van der Waals surface area contributed by atoms with Crippen molar-refractivity contribution in [3.63, 3.8) is 0 Å². The van der Waals surface area contributed by atoms with Crippen molar-refractivity contribution >= 4 is 23.5 Å². The van der Waals surface area contributed by atoms with Crippen LogP contribution in [0.1, 0.15) is 25.8 Å². The Kier molecular flexibility index (Phi) is 6.37. The van der Waals surface area contributed by atoms with Gasteiger partial charge in [0, 0.05) is 30.6 Å². The average Bonchev–Trinajstić information content (AvgIpc) is 2.36. The molecule has 1 unspecified atom stereocenters. The van der Waals surface area contributed by atoms with Gasteiger partial charge in [-0.25, -0.2) is 4.98 Å². The van der Waals surface area contributed by atoms with Crippen LogP contribution in [0.2, 0.25) is 0 Å². The molecule has 0 aliphatic carbocycles. The van der Waals surface area contributed by atoms with Crippen LogP contribution in [-0.2, 0) is 0 Å². The molecule has 0 saturated carbocycles. The predicted molar refractivity (Wildman–Crippen MR) is 83.0 cm³/mol. The Bertz CT molecular complexity index is 398. The summed E-state index contributed by atoms with van der Waals surface area (Å²) in [5, 5.41) is 16.5. The molecule has 1 aromatic rings. The lowest BCUT2D eigenvalue weighted by Crippen LogP contribution is -2.36. The number of aromatic nitrogens is 2. The van der Waals surface area contributed by atoms with E-state index in [0.717, 1.165) is 24.3 Å². The summed E-state index contributed by atoms with van der Waals surface area (Å²) < 4.78 is 0. The molecule has 19 heavy (non-hydrogen) atoms. The fourth-order valence-corrected chi connectivity index (χ4v) is 2.30. The van der Waals surface area contributed by atoms with Crippen molar-refractivity contribution in [2.75, 3.05) is 35.7 Å². The Labute approximate surface area is 119 Å². The number of nitrogens with zero attached hydrogens (tertiary/aromatic N) is 2. The van der Waals surface area contributed by atoms with Crippen molar-refractivity contribution in [1.82, 2.24) is 9.97 Å². The van der Waals surface area contributed by atoms with Gasteiger partial charge in [0.2, 0.25) is 5.95 Å². The van der Waals surface area contributed by atoms with Crippen LogP contribution in [-0.4, -0.2) is 45.8 Å². The van der Waals surface area contributed by atoms with Gasteiger partial charge in [0.15, 0.2) is 0 Å². The standard InChI is InChI=1S/C13H24N4OS/c1-5-6-14-12-15-7-10(2)11(17-12)16-8-13(3,18)9-19-4/h7,18H,5-6,8-9H2,1-4H3,(H2,14,15,16,17). The summed E-state index contributed by atoms with van der Waals surface area (Å²) in [6, 6.07) is 0. The van der Waals surface area contributed by atoms with Crippen LogP contribution in [0.25, 0.3) is 0 Å². The zero-order valence-electron chi connectivity index (χ0n) is 12.2. The molecule has 0 amide bonds. The Morgan fingerprint density at radius 3 is 2.79 bits per heavy atom. The number of hydrogen-bond acceptors (Lipinski definition) is 6. The second-order valence-electron chi connectivity index (χ2n) is 4.94. The summed E-state index contributed by atoms with van der Waals surface area (Å²) in [7, 11) is 0. The molecule has 1 atom stereocenters. The molecule has 5 nitrogen and oxygen atoms in total. The topological polar surface area (TPSA) is 70.1 Å². The van der Waals surface area contributed by atoms with E-state index in [2.05, 4.69) is 27.5 Å². The lowest BCUT2D eigenvalue weighted by molar-refractivity contribution is 0.0996. The van der Waals surface area contributed by atoms with Gasteiger partial charge < -0.3 is 15.7 Å². The van der Waals surface area contributed by atoms with Crippen LogP contribution in [0.3, 0.4) is 0 Å². The van der Waals surface area contributed by atoms with E-state index in [1.807, 2.05) is 20.1 Å². The maximum absolute atomic E-state index is 10.1. The molecule has 1 heterocycles. The molecule has 0 fully saturated rings. The molecule has 1 aromatic heterocycles. The maximum Gasteiger partial charge on any atom is 0.224 e.